The molecule has 0 aliphatic rings. The lowest BCUT2D eigenvalue weighted by Crippen LogP contribution is -2.32. The van der Waals surface area contributed by atoms with Crippen molar-refractivity contribution in [1.82, 2.24) is 0 Å². The lowest BCUT2D eigenvalue weighted by atomic mass is 10.1. The Labute approximate surface area is 101 Å². The number of benzene rings is 1. The van der Waals surface area contributed by atoms with Crippen LogP contribution < -0.4 is 15.8 Å². The molecule has 1 rings (SSSR count). The van der Waals surface area contributed by atoms with E-state index >= 15 is 0 Å². The molecular formula is C12H19FN2O2. The zero-order valence-corrected chi connectivity index (χ0v) is 10.6. The Hall–Kier alpha value is -1.49. The fraction of sp³-hybridized carbons (Fsp3) is 0.500. The van der Waals surface area contributed by atoms with Crippen molar-refractivity contribution >= 4 is 11.4 Å². The van der Waals surface area contributed by atoms with Crippen LogP contribution in [0.2, 0.25) is 0 Å². The van der Waals surface area contributed by atoms with Gasteiger partial charge in [-0.2, -0.15) is 0 Å². The van der Waals surface area contributed by atoms with Gasteiger partial charge in [-0.05, 0) is 13.8 Å². The van der Waals surface area contributed by atoms with E-state index in [2.05, 4.69) is 5.32 Å². The van der Waals surface area contributed by atoms with Crippen LogP contribution in [0.1, 0.15) is 13.8 Å². The maximum Gasteiger partial charge on any atom is 0.148 e. The van der Waals surface area contributed by atoms with Gasteiger partial charge in [0.1, 0.15) is 11.6 Å². The molecule has 0 saturated carbocycles. The third-order valence-electron chi connectivity index (χ3n) is 2.58. The molecule has 4 nitrogen and oxygen atoms in total. The fourth-order valence-electron chi connectivity index (χ4n) is 1.26. The van der Waals surface area contributed by atoms with Crippen LogP contribution in [0, 0.1) is 5.82 Å². The topological polar surface area (TPSA) is 56.5 Å². The minimum atomic E-state index is -0.407. The van der Waals surface area contributed by atoms with Crippen molar-refractivity contribution in [2.24, 2.45) is 0 Å². The highest BCUT2D eigenvalue weighted by Crippen LogP contribution is 2.28. The molecule has 0 unspecified atom stereocenters. The quantitative estimate of drug-likeness (QED) is 0.778. The van der Waals surface area contributed by atoms with Crippen LogP contribution in [0.15, 0.2) is 12.1 Å². The molecule has 0 atom stereocenters. The van der Waals surface area contributed by atoms with Crippen LogP contribution in [0.25, 0.3) is 0 Å². The number of anilines is 2. The van der Waals surface area contributed by atoms with E-state index in [1.165, 1.54) is 19.2 Å². The number of nitrogens with two attached hydrogens (primary N) is 1. The number of hydrogen-bond acceptors (Lipinski definition) is 4. The lowest BCUT2D eigenvalue weighted by Gasteiger charge is -2.24. The lowest BCUT2D eigenvalue weighted by molar-refractivity contribution is 0.0343. The average molecular weight is 242 g/mol. The molecule has 0 saturated heterocycles. The Morgan fingerprint density at radius 1 is 1.35 bits per heavy atom. The summed E-state index contributed by atoms with van der Waals surface area (Å²) in [5, 5.41) is 2.97. The predicted octanol–water partition coefficient (Wildman–Crippen LogP) is 2.25. The number of methoxy groups -OCH3 is 2. The predicted molar refractivity (Wildman–Crippen MR) is 66.9 cm³/mol. The van der Waals surface area contributed by atoms with Crippen molar-refractivity contribution in [3.05, 3.63) is 17.9 Å². The van der Waals surface area contributed by atoms with Crippen LogP contribution in [0.4, 0.5) is 15.8 Å². The molecule has 0 aliphatic heterocycles. The van der Waals surface area contributed by atoms with E-state index in [1.54, 1.807) is 7.11 Å². The molecular weight excluding hydrogens is 223 g/mol. The van der Waals surface area contributed by atoms with Crippen LogP contribution in [-0.2, 0) is 4.74 Å². The summed E-state index contributed by atoms with van der Waals surface area (Å²) in [7, 11) is 3.11. The second-order valence-electron chi connectivity index (χ2n) is 4.39. The minimum Gasteiger partial charge on any atom is -0.495 e. The highest BCUT2D eigenvalue weighted by Gasteiger charge is 2.17. The number of halogens is 1. The minimum absolute atomic E-state index is 0.279. The highest BCUT2D eigenvalue weighted by molar-refractivity contribution is 5.62. The monoisotopic (exact) mass is 242 g/mol. The van der Waals surface area contributed by atoms with Gasteiger partial charge in [0, 0.05) is 25.8 Å². The van der Waals surface area contributed by atoms with Gasteiger partial charge in [0.15, 0.2) is 0 Å². The van der Waals surface area contributed by atoms with E-state index < -0.39 is 5.82 Å². The van der Waals surface area contributed by atoms with Gasteiger partial charge in [-0.25, -0.2) is 4.39 Å². The van der Waals surface area contributed by atoms with Crippen LogP contribution in [0.5, 0.6) is 5.75 Å². The number of rotatable bonds is 5. The summed E-state index contributed by atoms with van der Waals surface area (Å²) in [4.78, 5) is 0. The normalized spacial score (nSPS) is 11.4. The molecule has 0 spiro atoms. The van der Waals surface area contributed by atoms with E-state index in [4.69, 9.17) is 15.2 Å². The molecule has 0 heterocycles. The molecule has 1 aromatic carbocycles. The molecule has 0 amide bonds. The molecule has 0 aliphatic carbocycles. The summed E-state index contributed by atoms with van der Waals surface area (Å²) in [6, 6.07) is 2.78. The van der Waals surface area contributed by atoms with Gasteiger partial charge in [0.05, 0.1) is 24.1 Å². The first-order valence-corrected chi connectivity index (χ1v) is 5.31. The Morgan fingerprint density at radius 2 is 2.00 bits per heavy atom. The van der Waals surface area contributed by atoms with Crippen molar-refractivity contribution in [3.8, 4) is 5.75 Å². The summed E-state index contributed by atoms with van der Waals surface area (Å²) in [5.41, 5.74) is 5.85. The molecule has 17 heavy (non-hydrogen) atoms. The van der Waals surface area contributed by atoms with E-state index in [0.717, 1.165) is 0 Å². The third kappa shape index (κ3) is 3.49. The standard InChI is InChI=1S/C12H19FN2O2/c1-12(2,17-4)7-15-10-6-11(16-3)9(14)5-8(10)13/h5-6,15H,7,14H2,1-4H3. The van der Waals surface area contributed by atoms with Crippen molar-refractivity contribution < 1.29 is 13.9 Å². The first kappa shape index (κ1) is 13.6. The number of nitrogen functional groups attached to an aromatic ring is 1. The molecule has 1 aromatic rings. The zero-order chi connectivity index (χ0) is 13.1. The summed E-state index contributed by atoms with van der Waals surface area (Å²) in [5.74, 6) is 0.0410. The van der Waals surface area contributed by atoms with Gasteiger partial charge in [-0.3, -0.25) is 0 Å². The molecule has 0 bridgehead atoms. The summed E-state index contributed by atoms with van der Waals surface area (Å²) >= 11 is 0. The van der Waals surface area contributed by atoms with Crippen LogP contribution in [0.3, 0.4) is 0 Å². The Bertz CT molecular complexity index is 394. The number of nitrogens with one attached hydrogen (secondary N) is 1. The molecule has 0 radical (unpaired) electrons. The van der Waals surface area contributed by atoms with E-state index in [9.17, 15) is 4.39 Å². The van der Waals surface area contributed by atoms with Crippen molar-refractivity contribution in [2.75, 3.05) is 31.8 Å². The Kier molecular flexibility index (Phi) is 4.17. The Morgan fingerprint density at radius 3 is 2.53 bits per heavy atom. The van der Waals surface area contributed by atoms with E-state index in [1.807, 2.05) is 13.8 Å². The maximum atomic E-state index is 13.6. The second-order valence-corrected chi connectivity index (χ2v) is 4.39. The van der Waals surface area contributed by atoms with Gasteiger partial charge >= 0.3 is 0 Å². The van der Waals surface area contributed by atoms with Crippen molar-refractivity contribution in [2.45, 2.75) is 19.4 Å². The second kappa shape index (κ2) is 5.23. The summed E-state index contributed by atoms with van der Waals surface area (Å²) < 4.78 is 23.9. The first-order chi connectivity index (χ1) is 7.89. The summed E-state index contributed by atoms with van der Waals surface area (Å²) in [6.07, 6.45) is 0. The zero-order valence-electron chi connectivity index (χ0n) is 10.6. The average Bonchev–Trinajstić information content (AvgIpc) is 2.28. The van der Waals surface area contributed by atoms with E-state index in [0.29, 0.717) is 18.0 Å². The molecule has 96 valence electrons. The SMILES string of the molecule is COc1cc(NCC(C)(C)OC)c(F)cc1N. The maximum absolute atomic E-state index is 13.6. The third-order valence-corrected chi connectivity index (χ3v) is 2.58. The van der Waals surface area contributed by atoms with Crippen LogP contribution in [-0.4, -0.2) is 26.4 Å². The van der Waals surface area contributed by atoms with Crippen molar-refractivity contribution in [3.63, 3.8) is 0 Å². The van der Waals surface area contributed by atoms with Gasteiger partial charge in [-0.15, -0.1) is 0 Å². The highest BCUT2D eigenvalue weighted by atomic mass is 19.1. The van der Waals surface area contributed by atoms with Gasteiger partial charge in [-0.1, -0.05) is 0 Å². The van der Waals surface area contributed by atoms with Crippen LogP contribution >= 0.6 is 0 Å². The molecule has 0 fully saturated rings. The molecule has 5 heteroatoms. The van der Waals surface area contributed by atoms with Crippen molar-refractivity contribution in [1.29, 1.82) is 0 Å². The first-order valence-electron chi connectivity index (χ1n) is 5.31. The summed E-state index contributed by atoms with van der Waals surface area (Å²) in [6.45, 7) is 4.30. The smallest absolute Gasteiger partial charge is 0.148 e. The van der Waals surface area contributed by atoms with Gasteiger partial charge < -0.3 is 20.5 Å². The fourth-order valence-corrected chi connectivity index (χ4v) is 1.26. The van der Waals surface area contributed by atoms with Gasteiger partial charge in [0.25, 0.3) is 0 Å². The molecule has 3 N–H and O–H groups in total. The number of ether oxygens (including phenoxy) is 2. The van der Waals surface area contributed by atoms with E-state index in [-0.39, 0.29) is 11.3 Å². The Balaban J connectivity index is 2.84. The largest absolute Gasteiger partial charge is 0.495 e. The number of hydrogen-bond donors (Lipinski definition) is 2. The molecule has 0 aromatic heterocycles. The van der Waals surface area contributed by atoms with Gasteiger partial charge in [0.2, 0.25) is 0 Å².